The van der Waals surface area contributed by atoms with E-state index in [1.807, 2.05) is 18.2 Å². The Bertz CT molecular complexity index is 337. The number of aryl methyl sites for hydroxylation is 1. The van der Waals surface area contributed by atoms with Crippen LogP contribution in [0, 0.1) is 11.8 Å². The number of hydrogen-bond donors (Lipinski definition) is 2. The molecule has 0 bridgehead atoms. The number of benzene rings is 1. The van der Waals surface area contributed by atoms with Crippen molar-refractivity contribution in [2.75, 3.05) is 6.54 Å². The van der Waals surface area contributed by atoms with Crippen LogP contribution < -0.4 is 5.73 Å². The van der Waals surface area contributed by atoms with Crippen LogP contribution in [0.4, 0.5) is 0 Å². The molecule has 1 aromatic carbocycles. The molecule has 2 atom stereocenters. The molecule has 0 amide bonds. The minimum absolute atomic E-state index is 0.227. The van der Waals surface area contributed by atoms with Gasteiger partial charge in [-0.1, -0.05) is 37.3 Å². The number of carboxylic acid groups (broad SMARTS) is 1. The Morgan fingerprint density at radius 2 is 2.00 bits per heavy atom. The van der Waals surface area contributed by atoms with E-state index in [-0.39, 0.29) is 6.54 Å². The van der Waals surface area contributed by atoms with E-state index >= 15 is 0 Å². The predicted molar refractivity (Wildman–Crippen MR) is 68.7 cm³/mol. The van der Waals surface area contributed by atoms with Crippen LogP contribution in [-0.2, 0) is 11.2 Å². The minimum Gasteiger partial charge on any atom is -0.481 e. The Morgan fingerprint density at radius 1 is 1.35 bits per heavy atom. The van der Waals surface area contributed by atoms with Gasteiger partial charge >= 0.3 is 5.97 Å². The summed E-state index contributed by atoms with van der Waals surface area (Å²) in [5.41, 5.74) is 6.75. The zero-order chi connectivity index (χ0) is 12.7. The van der Waals surface area contributed by atoms with Gasteiger partial charge in [-0.05, 0) is 30.7 Å². The summed E-state index contributed by atoms with van der Waals surface area (Å²) in [6, 6.07) is 10.3. The number of aliphatic carboxylic acids is 1. The first-order chi connectivity index (χ1) is 8.13. The molecule has 0 radical (unpaired) electrons. The van der Waals surface area contributed by atoms with Crippen LogP contribution in [-0.4, -0.2) is 17.6 Å². The molecule has 3 N–H and O–H groups in total. The van der Waals surface area contributed by atoms with Crippen molar-refractivity contribution in [2.24, 2.45) is 17.6 Å². The lowest BCUT2D eigenvalue weighted by atomic mass is 9.91. The first kappa shape index (κ1) is 13.7. The van der Waals surface area contributed by atoms with E-state index in [9.17, 15) is 4.79 Å². The normalized spacial score (nSPS) is 14.2. The highest BCUT2D eigenvalue weighted by Gasteiger charge is 2.18. The molecule has 0 aromatic heterocycles. The van der Waals surface area contributed by atoms with Gasteiger partial charge in [-0.15, -0.1) is 0 Å². The summed E-state index contributed by atoms with van der Waals surface area (Å²) in [7, 11) is 0. The van der Waals surface area contributed by atoms with Crippen molar-refractivity contribution < 1.29 is 9.90 Å². The Balaban J connectivity index is 2.34. The maximum Gasteiger partial charge on any atom is 0.307 e. The fraction of sp³-hybridized carbons (Fsp3) is 0.500. The van der Waals surface area contributed by atoms with Crippen LogP contribution in [0.1, 0.15) is 25.3 Å². The highest BCUT2D eigenvalue weighted by Crippen LogP contribution is 2.17. The fourth-order valence-electron chi connectivity index (χ4n) is 1.96. The largest absolute Gasteiger partial charge is 0.481 e. The van der Waals surface area contributed by atoms with Crippen molar-refractivity contribution in [3.63, 3.8) is 0 Å². The number of carbonyl (C=O) groups is 1. The number of nitrogens with two attached hydrogens (primary N) is 1. The first-order valence-electron chi connectivity index (χ1n) is 6.10. The highest BCUT2D eigenvalue weighted by molar-refractivity contribution is 5.70. The lowest BCUT2D eigenvalue weighted by Crippen LogP contribution is -2.25. The van der Waals surface area contributed by atoms with E-state index < -0.39 is 11.9 Å². The Kier molecular flexibility index (Phi) is 5.70. The molecule has 0 aliphatic rings. The molecule has 0 fully saturated rings. The zero-order valence-corrected chi connectivity index (χ0v) is 10.3. The van der Waals surface area contributed by atoms with E-state index in [0.717, 1.165) is 12.8 Å². The third-order valence-electron chi connectivity index (χ3n) is 3.09. The van der Waals surface area contributed by atoms with Crippen LogP contribution in [0.2, 0.25) is 0 Å². The maximum atomic E-state index is 10.9. The second-order valence-electron chi connectivity index (χ2n) is 4.64. The van der Waals surface area contributed by atoms with E-state index in [1.165, 1.54) is 5.56 Å². The third-order valence-corrected chi connectivity index (χ3v) is 3.09. The van der Waals surface area contributed by atoms with Crippen molar-refractivity contribution >= 4 is 5.97 Å². The topological polar surface area (TPSA) is 63.3 Å². The lowest BCUT2D eigenvalue weighted by Gasteiger charge is -2.16. The quantitative estimate of drug-likeness (QED) is 0.762. The molecule has 0 unspecified atom stereocenters. The second kappa shape index (κ2) is 7.07. The van der Waals surface area contributed by atoms with Gasteiger partial charge in [-0.3, -0.25) is 4.79 Å². The van der Waals surface area contributed by atoms with E-state index in [2.05, 4.69) is 19.1 Å². The van der Waals surface area contributed by atoms with Gasteiger partial charge in [-0.2, -0.15) is 0 Å². The lowest BCUT2D eigenvalue weighted by molar-refractivity contribution is -0.141. The van der Waals surface area contributed by atoms with Crippen LogP contribution in [0.5, 0.6) is 0 Å². The van der Waals surface area contributed by atoms with E-state index in [0.29, 0.717) is 12.3 Å². The molecule has 0 saturated carbocycles. The van der Waals surface area contributed by atoms with Crippen molar-refractivity contribution in [3.05, 3.63) is 35.9 Å². The fourth-order valence-corrected chi connectivity index (χ4v) is 1.96. The molecule has 1 aromatic rings. The summed E-state index contributed by atoms with van der Waals surface area (Å²) in [4.78, 5) is 10.9. The molecular weight excluding hydrogens is 214 g/mol. The molecule has 3 heteroatoms. The average Bonchev–Trinajstić information content (AvgIpc) is 2.34. The number of carboxylic acids is 1. The smallest absolute Gasteiger partial charge is 0.307 e. The van der Waals surface area contributed by atoms with Gasteiger partial charge in [0, 0.05) is 6.54 Å². The Hall–Kier alpha value is -1.35. The Morgan fingerprint density at radius 3 is 2.53 bits per heavy atom. The van der Waals surface area contributed by atoms with Gasteiger partial charge < -0.3 is 10.8 Å². The van der Waals surface area contributed by atoms with Crippen molar-refractivity contribution in [3.8, 4) is 0 Å². The molecule has 0 spiro atoms. The summed E-state index contributed by atoms with van der Waals surface area (Å²) in [6.07, 6.45) is 2.67. The second-order valence-corrected chi connectivity index (χ2v) is 4.64. The van der Waals surface area contributed by atoms with Gasteiger partial charge in [-0.25, -0.2) is 0 Å². The molecule has 0 heterocycles. The van der Waals surface area contributed by atoms with Crippen LogP contribution >= 0.6 is 0 Å². The summed E-state index contributed by atoms with van der Waals surface area (Å²) in [5.74, 6) is -0.792. The standard InChI is InChI=1S/C14H21NO2/c1-11(9-13(10-15)14(16)17)7-8-12-5-3-2-4-6-12/h2-6,11,13H,7-10,15H2,1H3,(H,16,17)/t11-,13+/m0/s1. The SMILES string of the molecule is C[C@@H](CCc1ccccc1)C[C@H](CN)C(=O)O. The van der Waals surface area contributed by atoms with Crippen LogP contribution in [0.15, 0.2) is 30.3 Å². The molecule has 17 heavy (non-hydrogen) atoms. The number of rotatable bonds is 7. The summed E-state index contributed by atoms with van der Waals surface area (Å²) < 4.78 is 0. The molecule has 0 aliphatic carbocycles. The minimum atomic E-state index is -0.779. The van der Waals surface area contributed by atoms with Gasteiger partial charge in [0.15, 0.2) is 0 Å². The third kappa shape index (κ3) is 5.00. The van der Waals surface area contributed by atoms with Gasteiger partial charge in [0.1, 0.15) is 0 Å². The first-order valence-corrected chi connectivity index (χ1v) is 6.10. The molecule has 0 aliphatic heterocycles. The predicted octanol–water partition coefficient (Wildman–Crippen LogP) is 2.30. The van der Waals surface area contributed by atoms with E-state index in [4.69, 9.17) is 10.8 Å². The van der Waals surface area contributed by atoms with Crippen LogP contribution in [0.3, 0.4) is 0 Å². The number of hydrogen-bond acceptors (Lipinski definition) is 2. The van der Waals surface area contributed by atoms with Gasteiger partial charge in [0.25, 0.3) is 0 Å². The summed E-state index contributed by atoms with van der Waals surface area (Å²) in [5, 5.41) is 8.93. The average molecular weight is 235 g/mol. The molecule has 0 saturated heterocycles. The molecule has 94 valence electrons. The summed E-state index contributed by atoms with van der Waals surface area (Å²) in [6.45, 7) is 2.32. The monoisotopic (exact) mass is 235 g/mol. The molecular formula is C14H21NO2. The van der Waals surface area contributed by atoms with Gasteiger partial charge in [0.05, 0.1) is 5.92 Å². The highest BCUT2D eigenvalue weighted by atomic mass is 16.4. The van der Waals surface area contributed by atoms with Crippen LogP contribution in [0.25, 0.3) is 0 Å². The molecule has 1 rings (SSSR count). The van der Waals surface area contributed by atoms with Crippen molar-refractivity contribution in [1.29, 1.82) is 0 Å². The van der Waals surface area contributed by atoms with E-state index in [1.54, 1.807) is 0 Å². The van der Waals surface area contributed by atoms with Crippen molar-refractivity contribution in [2.45, 2.75) is 26.2 Å². The Labute approximate surface area is 103 Å². The molecule has 3 nitrogen and oxygen atoms in total. The van der Waals surface area contributed by atoms with Gasteiger partial charge in [0.2, 0.25) is 0 Å². The zero-order valence-electron chi connectivity index (χ0n) is 10.3. The maximum absolute atomic E-state index is 10.9. The summed E-state index contributed by atoms with van der Waals surface area (Å²) >= 11 is 0. The van der Waals surface area contributed by atoms with Crippen molar-refractivity contribution in [1.82, 2.24) is 0 Å².